The minimum absolute atomic E-state index is 0.321. The van der Waals surface area contributed by atoms with Crippen LogP contribution in [0, 0.1) is 5.82 Å². The molecule has 0 aliphatic carbocycles. The van der Waals surface area contributed by atoms with Gasteiger partial charge >= 0.3 is 0 Å². The highest BCUT2D eigenvalue weighted by Gasteiger charge is 2.16. The van der Waals surface area contributed by atoms with E-state index in [-0.39, 0.29) is 11.7 Å². The fraction of sp³-hybridized carbons (Fsp3) is 0.318. The number of hydrogen-bond donors (Lipinski definition) is 1. The predicted molar refractivity (Wildman–Crippen MR) is 110 cm³/mol. The number of carbonyl (C=O) groups is 1. The van der Waals surface area contributed by atoms with Gasteiger partial charge in [0.15, 0.2) is 11.5 Å². The molecule has 0 spiro atoms. The van der Waals surface area contributed by atoms with Gasteiger partial charge in [-0.15, -0.1) is 0 Å². The van der Waals surface area contributed by atoms with Gasteiger partial charge in [0.05, 0.1) is 25.6 Å². The molecule has 148 valence electrons. The molecule has 0 atom stereocenters. The molecule has 1 saturated heterocycles. The third kappa shape index (κ3) is 4.82. The number of methoxy groups -OCH3 is 2. The summed E-state index contributed by atoms with van der Waals surface area (Å²) < 4.78 is 24.2. The average Bonchev–Trinajstić information content (AvgIpc) is 2.72. The lowest BCUT2D eigenvalue weighted by Gasteiger charge is -2.30. The Labute approximate surface area is 164 Å². The van der Waals surface area contributed by atoms with Crippen LogP contribution in [0.4, 0.5) is 15.8 Å². The highest BCUT2D eigenvalue weighted by Crippen LogP contribution is 2.30. The maximum Gasteiger partial charge on any atom is 0.248 e. The number of nitrogens with zero attached hydrogens (tertiary/aromatic N) is 1. The van der Waals surface area contributed by atoms with Crippen LogP contribution in [0.15, 0.2) is 42.5 Å². The van der Waals surface area contributed by atoms with Crippen molar-refractivity contribution >= 4 is 23.4 Å². The van der Waals surface area contributed by atoms with Crippen LogP contribution in [-0.4, -0.2) is 33.2 Å². The largest absolute Gasteiger partial charge is 0.493 e. The number of ether oxygens (including phenoxy) is 2. The molecule has 1 N–H and O–H groups in total. The average molecular weight is 384 g/mol. The van der Waals surface area contributed by atoms with E-state index >= 15 is 0 Å². The number of rotatable bonds is 6. The van der Waals surface area contributed by atoms with Gasteiger partial charge in [-0.1, -0.05) is 6.07 Å². The smallest absolute Gasteiger partial charge is 0.248 e. The summed E-state index contributed by atoms with van der Waals surface area (Å²) in [6.45, 7) is 1.83. The summed E-state index contributed by atoms with van der Waals surface area (Å²) in [6.07, 6.45) is 6.50. The molecule has 0 saturated carbocycles. The fourth-order valence-corrected chi connectivity index (χ4v) is 3.32. The van der Waals surface area contributed by atoms with Crippen molar-refractivity contribution in [2.45, 2.75) is 19.3 Å². The molecule has 0 unspecified atom stereocenters. The van der Waals surface area contributed by atoms with Gasteiger partial charge in [-0.25, -0.2) is 4.39 Å². The third-order valence-corrected chi connectivity index (χ3v) is 4.75. The van der Waals surface area contributed by atoms with Crippen LogP contribution in [0.1, 0.15) is 24.8 Å². The van der Waals surface area contributed by atoms with Crippen LogP contribution < -0.4 is 19.7 Å². The zero-order chi connectivity index (χ0) is 19.9. The number of hydrogen-bond acceptors (Lipinski definition) is 4. The van der Waals surface area contributed by atoms with Gasteiger partial charge in [0.2, 0.25) is 5.91 Å². The van der Waals surface area contributed by atoms with Crippen LogP contribution in [0.25, 0.3) is 6.08 Å². The number of piperidine rings is 1. The Morgan fingerprint density at radius 2 is 1.79 bits per heavy atom. The molecule has 6 heteroatoms. The van der Waals surface area contributed by atoms with Crippen molar-refractivity contribution in [2.75, 3.05) is 37.5 Å². The van der Waals surface area contributed by atoms with E-state index in [0.29, 0.717) is 17.2 Å². The first-order chi connectivity index (χ1) is 13.6. The summed E-state index contributed by atoms with van der Waals surface area (Å²) in [7, 11) is 3.13. The number of amides is 1. The second kappa shape index (κ2) is 9.26. The van der Waals surface area contributed by atoms with Crippen molar-refractivity contribution in [3.05, 3.63) is 53.9 Å². The molecule has 2 aromatic carbocycles. The highest BCUT2D eigenvalue weighted by molar-refractivity contribution is 6.03. The summed E-state index contributed by atoms with van der Waals surface area (Å²) in [5.41, 5.74) is 2.14. The van der Waals surface area contributed by atoms with Gasteiger partial charge < -0.3 is 19.7 Å². The van der Waals surface area contributed by atoms with Gasteiger partial charge in [0, 0.05) is 19.2 Å². The van der Waals surface area contributed by atoms with Crippen molar-refractivity contribution < 1.29 is 18.7 Å². The first kappa shape index (κ1) is 19.7. The van der Waals surface area contributed by atoms with Crippen molar-refractivity contribution in [3.63, 3.8) is 0 Å². The lowest BCUT2D eigenvalue weighted by atomic mass is 10.1. The normalized spacial score (nSPS) is 14.2. The number of carbonyl (C=O) groups excluding carboxylic acids is 1. The predicted octanol–water partition coefficient (Wildman–Crippen LogP) is 4.49. The summed E-state index contributed by atoms with van der Waals surface area (Å²) in [6, 6.07) is 9.91. The van der Waals surface area contributed by atoms with E-state index in [0.717, 1.165) is 37.2 Å². The van der Waals surface area contributed by atoms with Gasteiger partial charge in [-0.3, -0.25) is 4.79 Å². The highest BCUT2D eigenvalue weighted by atomic mass is 19.1. The molecular weight excluding hydrogens is 359 g/mol. The Bertz CT molecular complexity index is 861. The number of benzene rings is 2. The van der Waals surface area contributed by atoms with Gasteiger partial charge in [-0.2, -0.15) is 0 Å². The van der Waals surface area contributed by atoms with E-state index in [2.05, 4.69) is 10.2 Å². The molecule has 1 aliphatic rings. The SMILES string of the molecule is COc1ccc(/C=C/C(=O)Nc2cc(F)ccc2N2CCCCC2)cc1OC. The number of anilines is 2. The van der Waals surface area contributed by atoms with Crippen molar-refractivity contribution in [1.82, 2.24) is 0 Å². The zero-order valence-electron chi connectivity index (χ0n) is 16.2. The number of halogens is 1. The molecule has 1 amide bonds. The van der Waals surface area contributed by atoms with Gasteiger partial charge in [0.1, 0.15) is 5.82 Å². The maximum absolute atomic E-state index is 13.8. The lowest BCUT2D eigenvalue weighted by molar-refractivity contribution is -0.111. The Kier molecular flexibility index (Phi) is 6.53. The summed E-state index contributed by atoms with van der Waals surface area (Å²) in [5, 5.41) is 2.81. The first-order valence-corrected chi connectivity index (χ1v) is 9.36. The van der Waals surface area contributed by atoms with Crippen molar-refractivity contribution in [1.29, 1.82) is 0 Å². The molecule has 0 radical (unpaired) electrons. The van der Waals surface area contributed by atoms with E-state index in [9.17, 15) is 9.18 Å². The summed E-state index contributed by atoms with van der Waals surface area (Å²) in [5.74, 6) is 0.510. The second-order valence-corrected chi connectivity index (χ2v) is 6.65. The quantitative estimate of drug-likeness (QED) is 0.746. The molecule has 28 heavy (non-hydrogen) atoms. The van der Waals surface area contributed by atoms with E-state index in [1.807, 2.05) is 6.07 Å². The molecule has 5 nitrogen and oxygen atoms in total. The Morgan fingerprint density at radius 3 is 2.50 bits per heavy atom. The van der Waals surface area contributed by atoms with Gasteiger partial charge in [0.25, 0.3) is 0 Å². The maximum atomic E-state index is 13.8. The van der Waals surface area contributed by atoms with Crippen LogP contribution in [0.5, 0.6) is 11.5 Å². The molecule has 1 aliphatic heterocycles. The first-order valence-electron chi connectivity index (χ1n) is 9.36. The molecule has 2 aromatic rings. The standard InChI is InChI=1S/C22H25FN2O3/c1-27-20-10-6-16(14-21(20)28-2)7-11-22(26)24-18-15-17(23)8-9-19(18)25-12-4-3-5-13-25/h6-11,14-15H,3-5,12-13H2,1-2H3,(H,24,26)/b11-7+. The van der Waals surface area contributed by atoms with Crippen LogP contribution in [-0.2, 0) is 4.79 Å². The molecule has 0 aromatic heterocycles. The molecule has 1 heterocycles. The van der Waals surface area contributed by atoms with E-state index in [4.69, 9.17) is 9.47 Å². The Balaban J connectivity index is 1.74. The van der Waals surface area contributed by atoms with Gasteiger partial charge in [-0.05, 0) is 61.2 Å². The Hall–Kier alpha value is -3.02. The van der Waals surface area contributed by atoms with Crippen LogP contribution in [0.2, 0.25) is 0 Å². The van der Waals surface area contributed by atoms with E-state index < -0.39 is 0 Å². The van der Waals surface area contributed by atoms with Crippen molar-refractivity contribution in [2.24, 2.45) is 0 Å². The van der Waals surface area contributed by atoms with Crippen molar-refractivity contribution in [3.8, 4) is 11.5 Å². The third-order valence-electron chi connectivity index (χ3n) is 4.75. The van der Waals surface area contributed by atoms with E-state index in [1.165, 1.54) is 24.6 Å². The summed E-state index contributed by atoms with van der Waals surface area (Å²) >= 11 is 0. The Morgan fingerprint density at radius 1 is 1.04 bits per heavy atom. The topological polar surface area (TPSA) is 50.8 Å². The van der Waals surface area contributed by atoms with Crippen LogP contribution >= 0.6 is 0 Å². The monoisotopic (exact) mass is 384 g/mol. The summed E-state index contributed by atoms with van der Waals surface area (Å²) in [4.78, 5) is 14.6. The zero-order valence-corrected chi connectivity index (χ0v) is 16.2. The minimum atomic E-state index is -0.375. The lowest BCUT2D eigenvalue weighted by Crippen LogP contribution is -2.30. The molecular formula is C22H25FN2O3. The minimum Gasteiger partial charge on any atom is -0.493 e. The molecule has 3 rings (SSSR count). The molecule has 1 fully saturated rings. The molecule has 0 bridgehead atoms. The van der Waals surface area contributed by atoms with E-state index in [1.54, 1.807) is 38.5 Å². The number of nitrogens with one attached hydrogen (secondary N) is 1. The fourth-order valence-electron chi connectivity index (χ4n) is 3.32. The second-order valence-electron chi connectivity index (χ2n) is 6.65. The van der Waals surface area contributed by atoms with Crippen LogP contribution in [0.3, 0.4) is 0 Å².